The van der Waals surface area contributed by atoms with E-state index in [0.29, 0.717) is 137 Å². The van der Waals surface area contributed by atoms with Crippen molar-refractivity contribution in [2.75, 3.05) is 165 Å². The molecule has 2 saturated heterocycles. The summed E-state index contributed by atoms with van der Waals surface area (Å²) in [7, 11) is 0. The van der Waals surface area contributed by atoms with E-state index in [-0.39, 0.29) is 83.4 Å². The summed E-state index contributed by atoms with van der Waals surface area (Å²) in [5.74, 6) is -2.91. The van der Waals surface area contributed by atoms with Gasteiger partial charge in [0.05, 0.1) is 187 Å². The van der Waals surface area contributed by atoms with Crippen LogP contribution in [0.1, 0.15) is 64.1 Å². The maximum absolute atomic E-state index is 13.9. The number of nitrogens with one attached hydrogen (secondary N) is 2. The Balaban J connectivity index is 0.839. The number of likely N-dealkylation sites (tertiary alicyclic amines) is 1. The zero-order valence-electron chi connectivity index (χ0n) is 47.0. The molecule has 0 aliphatic carbocycles. The zero-order valence-corrected chi connectivity index (χ0v) is 47.8. The van der Waals surface area contributed by atoms with Crippen LogP contribution in [-0.2, 0) is 97.0 Å². The summed E-state index contributed by atoms with van der Waals surface area (Å²) in [6.45, 7) is 16.7. The number of aromatic nitrogens is 1. The topological polar surface area (TPSA) is 286 Å². The molecule has 3 heterocycles. The number of imide groups is 1. The average molecular weight is 1160 g/mol. The Morgan fingerprint density at radius 1 is 0.625 bits per heavy atom. The van der Waals surface area contributed by atoms with Crippen LogP contribution in [0.4, 0.5) is 0 Å². The third-order valence-corrected chi connectivity index (χ3v) is 12.9. The SMILES string of the molecule is Cc1ncsc1-c1ccc(CNC(=O)[C@@H]2C[C@@H](O)CN2C(=O)[C@@H](NC(=O)CCOCCOCCOCCOCCOCCOCCOCCOCCOCCOCCOCCOCCC(=O)ON2C(=O)CCC2=O)C(C)(C)C)cc1. The van der Waals surface area contributed by atoms with Gasteiger partial charge in [0, 0.05) is 38.8 Å². The van der Waals surface area contributed by atoms with E-state index in [4.69, 9.17) is 61.7 Å². The van der Waals surface area contributed by atoms with E-state index in [2.05, 4.69) is 15.6 Å². The lowest BCUT2D eigenvalue weighted by Gasteiger charge is -2.35. The molecule has 2 aliphatic rings. The summed E-state index contributed by atoms with van der Waals surface area (Å²) in [4.78, 5) is 86.4. The largest absolute Gasteiger partial charge is 0.391 e. The highest BCUT2D eigenvalue weighted by molar-refractivity contribution is 7.13. The Bertz CT molecular complexity index is 2060. The molecule has 0 bridgehead atoms. The van der Waals surface area contributed by atoms with E-state index in [9.17, 15) is 33.9 Å². The van der Waals surface area contributed by atoms with E-state index in [1.165, 1.54) is 4.90 Å². The number of hydroxylamine groups is 2. The molecule has 0 radical (unpaired) electrons. The van der Waals surface area contributed by atoms with Crippen LogP contribution in [0, 0.1) is 12.3 Å². The maximum atomic E-state index is 13.9. The summed E-state index contributed by atoms with van der Waals surface area (Å²) in [5, 5.41) is 16.8. The van der Waals surface area contributed by atoms with Gasteiger partial charge in [0.25, 0.3) is 11.8 Å². The molecule has 2 aromatic rings. The quantitative estimate of drug-likeness (QED) is 0.0629. The molecule has 25 nitrogen and oxygen atoms in total. The number of carbonyl (C=O) groups excluding carboxylic acids is 6. The number of benzene rings is 1. The third-order valence-electron chi connectivity index (χ3n) is 11.9. The van der Waals surface area contributed by atoms with Crippen LogP contribution in [0.5, 0.6) is 0 Å². The van der Waals surface area contributed by atoms with E-state index in [0.717, 1.165) is 21.7 Å². The highest BCUT2D eigenvalue weighted by Gasteiger charge is 2.44. The van der Waals surface area contributed by atoms with E-state index >= 15 is 0 Å². The van der Waals surface area contributed by atoms with Crippen molar-refractivity contribution in [3.05, 3.63) is 41.0 Å². The first-order valence-electron chi connectivity index (χ1n) is 27.3. The van der Waals surface area contributed by atoms with Crippen LogP contribution in [-0.4, -0.2) is 239 Å². The first kappa shape index (κ1) is 67.9. The molecule has 0 saturated carbocycles. The predicted octanol–water partition coefficient (Wildman–Crippen LogP) is 1.81. The normalized spacial score (nSPS) is 16.0. The molecule has 1 aromatic carbocycles. The predicted molar refractivity (Wildman–Crippen MR) is 288 cm³/mol. The fourth-order valence-corrected chi connectivity index (χ4v) is 8.47. The van der Waals surface area contributed by atoms with Gasteiger partial charge in [-0.15, -0.1) is 16.4 Å². The van der Waals surface area contributed by atoms with Gasteiger partial charge >= 0.3 is 5.97 Å². The van der Waals surface area contributed by atoms with Gasteiger partial charge in [-0.25, -0.2) is 9.78 Å². The van der Waals surface area contributed by atoms with Gasteiger partial charge < -0.3 is 82.3 Å². The van der Waals surface area contributed by atoms with E-state index < -0.39 is 47.3 Å². The minimum Gasteiger partial charge on any atom is -0.391 e. The summed E-state index contributed by atoms with van der Waals surface area (Å²) >= 11 is 1.57. The zero-order chi connectivity index (χ0) is 57.6. The van der Waals surface area contributed by atoms with Crippen molar-refractivity contribution in [1.82, 2.24) is 25.6 Å². The summed E-state index contributed by atoms with van der Waals surface area (Å²) < 4.78 is 65.8. The van der Waals surface area contributed by atoms with Crippen LogP contribution >= 0.6 is 11.3 Å². The Morgan fingerprint density at radius 2 is 1.02 bits per heavy atom. The van der Waals surface area contributed by atoms with Gasteiger partial charge in [0.1, 0.15) is 12.1 Å². The number of nitrogens with zero attached hydrogens (tertiary/aromatic N) is 3. The fourth-order valence-electron chi connectivity index (χ4n) is 7.66. The highest BCUT2D eigenvalue weighted by atomic mass is 32.1. The molecule has 0 spiro atoms. The van der Waals surface area contributed by atoms with Crippen molar-refractivity contribution in [2.24, 2.45) is 5.41 Å². The molecule has 2 aliphatic heterocycles. The molecule has 2 fully saturated rings. The Morgan fingerprint density at radius 3 is 1.41 bits per heavy atom. The van der Waals surface area contributed by atoms with E-state index in [1.54, 1.807) is 11.3 Å². The summed E-state index contributed by atoms with van der Waals surface area (Å²) in [5.41, 5.74) is 4.03. The molecule has 80 heavy (non-hydrogen) atoms. The number of amides is 5. The molecule has 4 rings (SSSR count). The molecule has 3 atom stereocenters. The number of ether oxygens (including phenoxy) is 12. The minimum atomic E-state index is -0.932. The van der Waals surface area contributed by atoms with Crippen LogP contribution in [0.15, 0.2) is 29.8 Å². The number of aliphatic hydroxyl groups is 1. The van der Waals surface area contributed by atoms with Gasteiger partial charge in [-0.05, 0) is 23.5 Å². The molecule has 1 aromatic heterocycles. The first-order chi connectivity index (χ1) is 38.7. The third kappa shape index (κ3) is 28.4. The smallest absolute Gasteiger partial charge is 0.335 e. The fraction of sp³-hybridized carbons (Fsp3) is 0.722. The van der Waals surface area contributed by atoms with Crippen LogP contribution in [0.25, 0.3) is 10.4 Å². The molecule has 0 unspecified atom stereocenters. The molecule has 3 N–H and O–H groups in total. The lowest BCUT2D eigenvalue weighted by Crippen LogP contribution is -2.57. The number of hydrogen-bond donors (Lipinski definition) is 3. The van der Waals surface area contributed by atoms with Crippen molar-refractivity contribution in [3.8, 4) is 10.4 Å². The van der Waals surface area contributed by atoms with Gasteiger partial charge in [-0.1, -0.05) is 45.0 Å². The van der Waals surface area contributed by atoms with Crippen LogP contribution < -0.4 is 10.6 Å². The lowest BCUT2D eigenvalue weighted by molar-refractivity contribution is -0.198. The minimum absolute atomic E-state index is 0.00933. The maximum Gasteiger partial charge on any atom is 0.335 e. The number of carbonyl (C=O) groups is 6. The first-order valence-corrected chi connectivity index (χ1v) is 28.2. The monoisotopic (exact) mass is 1160 g/mol. The number of hydrogen-bond acceptors (Lipinski definition) is 22. The second kappa shape index (κ2) is 40.5. The van der Waals surface area contributed by atoms with Crippen LogP contribution in [0.3, 0.4) is 0 Å². The lowest BCUT2D eigenvalue weighted by atomic mass is 9.85. The standard InChI is InChI=1S/C54H85N5O20S/c1-41-50(80-40-56-41)43-7-5-42(6-8-43)38-55-52(65)45-37-44(60)39-58(45)53(66)51(54(2,3)4)57-46(61)11-13-67-15-17-69-19-21-71-23-25-73-27-29-75-31-33-77-35-36-78-34-32-76-30-28-74-26-24-72-22-20-70-18-16-68-14-12-49(64)79-59-47(62)9-10-48(59)63/h5-8,40,44-45,51,60H,9-39H2,1-4H3,(H,55,65)(H,57,61)/t44-,45+,51-/m1/s1. The molecule has 26 heteroatoms. The molecular weight excluding hydrogens is 1070 g/mol. The highest BCUT2D eigenvalue weighted by Crippen LogP contribution is 2.28. The Hall–Kier alpha value is -4.65. The van der Waals surface area contributed by atoms with Gasteiger partial charge in [0.2, 0.25) is 17.7 Å². The second-order valence-electron chi connectivity index (χ2n) is 19.3. The Kier molecular flexibility index (Phi) is 34.4. The van der Waals surface area contributed by atoms with Gasteiger partial charge in [-0.3, -0.25) is 24.0 Å². The second-order valence-corrected chi connectivity index (χ2v) is 20.2. The molecule has 5 amide bonds. The number of aryl methyl sites for hydroxylation is 1. The number of β-amino-alcohol motifs (C(OH)–C–C–N with tert-alkyl or cyclic N) is 1. The van der Waals surface area contributed by atoms with Gasteiger partial charge in [-0.2, -0.15) is 0 Å². The summed E-state index contributed by atoms with van der Waals surface area (Å²) in [6, 6.07) is 6.05. The number of rotatable bonds is 46. The van der Waals surface area contributed by atoms with Crippen molar-refractivity contribution >= 4 is 46.8 Å². The van der Waals surface area contributed by atoms with Crippen molar-refractivity contribution in [2.45, 2.75) is 84.5 Å². The Labute approximate surface area is 473 Å². The van der Waals surface area contributed by atoms with Crippen molar-refractivity contribution < 1.29 is 95.6 Å². The van der Waals surface area contributed by atoms with Crippen LogP contribution in [0.2, 0.25) is 0 Å². The summed E-state index contributed by atoms with van der Waals surface area (Å²) in [6.07, 6.45) is -0.735. The van der Waals surface area contributed by atoms with Crippen molar-refractivity contribution in [1.29, 1.82) is 0 Å². The van der Waals surface area contributed by atoms with E-state index in [1.807, 2.05) is 57.5 Å². The average Bonchev–Trinajstić information content (AvgIpc) is 4.15. The van der Waals surface area contributed by atoms with Crippen molar-refractivity contribution in [3.63, 3.8) is 0 Å². The number of aliphatic hydroxyl groups excluding tert-OH is 1. The van der Waals surface area contributed by atoms with Gasteiger partial charge in [0.15, 0.2) is 0 Å². The number of thiazole rings is 1. The molecule has 452 valence electrons. The molecular formula is C54H85N5O20S.